The van der Waals surface area contributed by atoms with Crippen molar-refractivity contribution in [1.82, 2.24) is 5.32 Å². The van der Waals surface area contributed by atoms with E-state index in [0.29, 0.717) is 9.23 Å². The van der Waals surface area contributed by atoms with Gasteiger partial charge in [0.1, 0.15) is 10.1 Å². The number of thioether (sulfide) groups is 1. The molecule has 1 amide bonds. The zero-order valence-electron chi connectivity index (χ0n) is 13.7. The van der Waals surface area contributed by atoms with Crippen molar-refractivity contribution in [2.45, 2.75) is 13.8 Å². The normalized spacial score (nSPS) is 15.7. The number of hydrogen-bond acceptors (Lipinski definition) is 4. The molecule has 3 nitrogen and oxygen atoms in total. The van der Waals surface area contributed by atoms with Crippen LogP contribution in [0, 0.1) is 13.8 Å². The SMILES string of the molecule is COc1ccc(C=C2SC(=S)NC2=O)cc1-c1cc(C)cc(C)c1. The number of carbonyl (C=O) groups is 1. The van der Waals surface area contributed by atoms with Crippen molar-refractivity contribution in [1.29, 1.82) is 0 Å². The lowest BCUT2D eigenvalue weighted by Crippen LogP contribution is -2.17. The summed E-state index contributed by atoms with van der Waals surface area (Å²) < 4.78 is 6.01. The molecule has 0 saturated carbocycles. The predicted octanol–water partition coefficient (Wildman–Crippen LogP) is 4.47. The second kappa shape index (κ2) is 6.79. The summed E-state index contributed by atoms with van der Waals surface area (Å²) in [7, 11) is 1.67. The highest BCUT2D eigenvalue weighted by molar-refractivity contribution is 8.26. The number of methoxy groups -OCH3 is 1. The van der Waals surface area contributed by atoms with Crippen LogP contribution in [0.25, 0.3) is 17.2 Å². The molecule has 0 aliphatic carbocycles. The van der Waals surface area contributed by atoms with E-state index in [1.165, 1.54) is 22.9 Å². The first-order valence-electron chi connectivity index (χ1n) is 7.48. The molecule has 122 valence electrons. The zero-order chi connectivity index (χ0) is 17.3. The predicted molar refractivity (Wildman–Crippen MR) is 104 cm³/mol. The van der Waals surface area contributed by atoms with Crippen molar-refractivity contribution in [2.75, 3.05) is 7.11 Å². The summed E-state index contributed by atoms with van der Waals surface area (Å²) in [5.41, 5.74) is 5.44. The lowest BCUT2D eigenvalue weighted by Gasteiger charge is -2.11. The smallest absolute Gasteiger partial charge is 0.263 e. The van der Waals surface area contributed by atoms with Gasteiger partial charge in [0.15, 0.2) is 0 Å². The fourth-order valence-corrected chi connectivity index (χ4v) is 3.79. The molecule has 0 spiro atoms. The maximum atomic E-state index is 11.8. The van der Waals surface area contributed by atoms with Gasteiger partial charge >= 0.3 is 0 Å². The average molecular weight is 355 g/mol. The van der Waals surface area contributed by atoms with Crippen LogP contribution in [-0.2, 0) is 4.79 Å². The van der Waals surface area contributed by atoms with Crippen LogP contribution in [0.5, 0.6) is 5.75 Å². The number of hydrogen-bond donors (Lipinski definition) is 1. The van der Waals surface area contributed by atoms with Gasteiger partial charge in [0, 0.05) is 5.56 Å². The third-order valence-corrected chi connectivity index (χ3v) is 4.86. The van der Waals surface area contributed by atoms with Gasteiger partial charge in [0.05, 0.1) is 12.0 Å². The molecule has 0 radical (unpaired) electrons. The van der Waals surface area contributed by atoms with Gasteiger partial charge in [0.25, 0.3) is 5.91 Å². The van der Waals surface area contributed by atoms with E-state index in [0.717, 1.165) is 22.4 Å². The summed E-state index contributed by atoms with van der Waals surface area (Å²) in [4.78, 5) is 12.5. The molecular weight excluding hydrogens is 338 g/mol. The molecule has 2 aromatic rings. The monoisotopic (exact) mass is 355 g/mol. The van der Waals surface area contributed by atoms with Gasteiger partial charge in [-0.2, -0.15) is 0 Å². The van der Waals surface area contributed by atoms with Gasteiger partial charge in [-0.1, -0.05) is 59.4 Å². The maximum absolute atomic E-state index is 11.8. The average Bonchev–Trinajstić information content (AvgIpc) is 2.84. The number of thiocarbonyl (C=S) groups is 1. The molecule has 24 heavy (non-hydrogen) atoms. The van der Waals surface area contributed by atoms with E-state index in [-0.39, 0.29) is 5.91 Å². The van der Waals surface area contributed by atoms with E-state index in [9.17, 15) is 4.79 Å². The highest BCUT2D eigenvalue weighted by Crippen LogP contribution is 2.34. The van der Waals surface area contributed by atoms with Crippen LogP contribution in [0.2, 0.25) is 0 Å². The number of nitrogens with one attached hydrogen (secondary N) is 1. The second-order valence-corrected chi connectivity index (χ2v) is 7.41. The number of amides is 1. The van der Waals surface area contributed by atoms with Gasteiger partial charge in [-0.3, -0.25) is 4.79 Å². The first kappa shape index (κ1) is 16.7. The highest BCUT2D eigenvalue weighted by atomic mass is 32.2. The fraction of sp³-hybridized carbons (Fsp3) is 0.158. The lowest BCUT2D eigenvalue weighted by molar-refractivity contribution is -0.115. The van der Waals surface area contributed by atoms with Crippen molar-refractivity contribution >= 4 is 40.3 Å². The first-order chi connectivity index (χ1) is 11.5. The molecule has 5 heteroatoms. The van der Waals surface area contributed by atoms with Crippen LogP contribution in [0.3, 0.4) is 0 Å². The first-order valence-corrected chi connectivity index (χ1v) is 8.70. The molecular formula is C19H17NO2S2. The number of rotatable bonds is 3. The van der Waals surface area contributed by atoms with Crippen LogP contribution >= 0.6 is 24.0 Å². The molecule has 0 aromatic heterocycles. The molecule has 0 unspecified atom stereocenters. The van der Waals surface area contributed by atoms with E-state index in [1.807, 2.05) is 24.3 Å². The van der Waals surface area contributed by atoms with Crippen molar-refractivity contribution in [3.63, 3.8) is 0 Å². The van der Waals surface area contributed by atoms with E-state index in [2.05, 4.69) is 37.4 Å². The van der Waals surface area contributed by atoms with E-state index in [4.69, 9.17) is 17.0 Å². The number of aryl methyl sites for hydroxylation is 2. The third-order valence-electron chi connectivity index (χ3n) is 3.70. The summed E-state index contributed by atoms with van der Waals surface area (Å²) in [5.74, 6) is 0.662. The Morgan fingerprint density at radius 1 is 1.12 bits per heavy atom. The van der Waals surface area contributed by atoms with Gasteiger partial charge in [-0.25, -0.2) is 0 Å². The molecule has 3 rings (SSSR count). The topological polar surface area (TPSA) is 38.3 Å². The Labute approximate surface area is 151 Å². The Morgan fingerprint density at radius 2 is 1.83 bits per heavy atom. The number of ether oxygens (including phenoxy) is 1. The number of benzene rings is 2. The maximum Gasteiger partial charge on any atom is 0.263 e. The largest absolute Gasteiger partial charge is 0.496 e. The van der Waals surface area contributed by atoms with Gasteiger partial charge < -0.3 is 10.1 Å². The lowest BCUT2D eigenvalue weighted by atomic mass is 9.98. The van der Waals surface area contributed by atoms with Crippen molar-refractivity contribution < 1.29 is 9.53 Å². The second-order valence-electron chi connectivity index (χ2n) is 5.69. The van der Waals surface area contributed by atoms with E-state index < -0.39 is 0 Å². The van der Waals surface area contributed by atoms with Crippen LogP contribution < -0.4 is 10.1 Å². The van der Waals surface area contributed by atoms with Crippen LogP contribution in [0.1, 0.15) is 16.7 Å². The Balaban J connectivity index is 2.07. The standard InChI is InChI=1S/C19H17NO2S2/c1-11-6-12(2)8-14(7-11)15-9-13(4-5-16(15)22-3)10-17-18(21)20-19(23)24-17/h4-10H,1-3H3,(H,20,21,23). The van der Waals surface area contributed by atoms with Gasteiger partial charge in [-0.05, 0) is 43.2 Å². The minimum Gasteiger partial charge on any atom is -0.496 e. The summed E-state index contributed by atoms with van der Waals surface area (Å²) in [6, 6.07) is 12.3. The van der Waals surface area contributed by atoms with E-state index in [1.54, 1.807) is 7.11 Å². The minimum absolute atomic E-state index is 0.145. The highest BCUT2D eigenvalue weighted by Gasteiger charge is 2.22. The molecule has 1 saturated heterocycles. The van der Waals surface area contributed by atoms with Crippen molar-refractivity contribution in [2.24, 2.45) is 0 Å². The Kier molecular flexibility index (Phi) is 4.73. The molecule has 1 fully saturated rings. The summed E-state index contributed by atoms with van der Waals surface area (Å²) >= 11 is 6.32. The number of carbonyl (C=O) groups excluding carboxylic acids is 1. The quantitative estimate of drug-likeness (QED) is 0.651. The van der Waals surface area contributed by atoms with Crippen molar-refractivity contribution in [3.8, 4) is 16.9 Å². The van der Waals surface area contributed by atoms with Crippen LogP contribution in [0.15, 0.2) is 41.3 Å². The van der Waals surface area contributed by atoms with Crippen molar-refractivity contribution in [3.05, 3.63) is 58.0 Å². The van der Waals surface area contributed by atoms with Crippen LogP contribution in [-0.4, -0.2) is 17.3 Å². The summed E-state index contributed by atoms with van der Waals surface area (Å²) in [6.45, 7) is 4.16. The molecule has 0 bridgehead atoms. The summed E-state index contributed by atoms with van der Waals surface area (Å²) in [5, 5.41) is 2.63. The molecule has 0 atom stereocenters. The van der Waals surface area contributed by atoms with Gasteiger partial charge in [-0.15, -0.1) is 0 Å². The summed E-state index contributed by atoms with van der Waals surface area (Å²) in [6.07, 6.45) is 1.85. The minimum atomic E-state index is -0.145. The Bertz CT molecular complexity index is 851. The van der Waals surface area contributed by atoms with Gasteiger partial charge in [0.2, 0.25) is 0 Å². The zero-order valence-corrected chi connectivity index (χ0v) is 15.3. The molecule has 2 aromatic carbocycles. The Hall–Kier alpha value is -2.11. The molecule has 1 heterocycles. The van der Waals surface area contributed by atoms with E-state index >= 15 is 0 Å². The van der Waals surface area contributed by atoms with Crippen LogP contribution in [0.4, 0.5) is 0 Å². The molecule has 1 aliphatic heterocycles. The fourth-order valence-electron chi connectivity index (χ4n) is 2.74. The third kappa shape index (κ3) is 3.52. The molecule has 1 aliphatic rings. The Morgan fingerprint density at radius 3 is 2.42 bits per heavy atom. The molecule has 1 N–H and O–H groups in total.